The normalized spacial score (nSPS) is 11.6. The van der Waals surface area contributed by atoms with E-state index in [0.29, 0.717) is 33.9 Å². The number of hydrogen-bond donors (Lipinski definition) is 3. The van der Waals surface area contributed by atoms with E-state index in [1.807, 2.05) is 31.2 Å². The lowest BCUT2D eigenvalue weighted by molar-refractivity contribution is 1.02. The van der Waals surface area contributed by atoms with Gasteiger partial charge in [0.1, 0.15) is 12.0 Å². The molecule has 2 aromatic carbocycles. The summed E-state index contributed by atoms with van der Waals surface area (Å²) in [5.41, 5.74) is 9.95. The molecule has 4 rings (SSSR count). The van der Waals surface area contributed by atoms with E-state index in [4.69, 9.17) is 28.9 Å². The fraction of sp³-hybridized carbons (Fsp3) is 0.160. The van der Waals surface area contributed by atoms with Crippen LogP contribution in [-0.4, -0.2) is 16.5 Å². The van der Waals surface area contributed by atoms with Crippen molar-refractivity contribution in [3.63, 3.8) is 0 Å². The van der Waals surface area contributed by atoms with Gasteiger partial charge in [0.15, 0.2) is 11.6 Å². The molecule has 9 heteroatoms. The van der Waals surface area contributed by atoms with Crippen molar-refractivity contribution in [2.45, 2.75) is 19.3 Å². The maximum absolute atomic E-state index is 9.82. The Morgan fingerprint density at radius 3 is 2.59 bits per heavy atom. The second-order valence-electron chi connectivity index (χ2n) is 7.67. The molecule has 4 N–H and O–H groups in total. The third-order valence-electron chi connectivity index (χ3n) is 5.37. The number of benzene rings is 2. The first kappa shape index (κ1) is 23.8. The first-order valence-corrected chi connectivity index (χ1v) is 12.2. The number of rotatable bonds is 8. The first-order chi connectivity index (χ1) is 16.5. The predicted molar refractivity (Wildman–Crippen MR) is 141 cm³/mol. The van der Waals surface area contributed by atoms with Gasteiger partial charge in [-0.2, -0.15) is 5.26 Å². The fourth-order valence-electron chi connectivity index (χ4n) is 3.56. The Bertz CT molecular complexity index is 1320. The lowest BCUT2D eigenvalue weighted by atomic mass is 9.91. The molecular weight excluding hydrogens is 487 g/mol. The number of aromatic nitrogens is 2. The lowest BCUT2D eigenvalue weighted by Crippen LogP contribution is -2.10. The third kappa shape index (κ3) is 5.42. The average Bonchev–Trinajstić information content (AvgIpc) is 3.34. The van der Waals surface area contributed by atoms with Gasteiger partial charge in [0.05, 0.1) is 12.0 Å². The van der Waals surface area contributed by atoms with Gasteiger partial charge in [0.25, 0.3) is 0 Å². The topological polar surface area (TPSA) is 99.6 Å². The molecule has 172 valence electrons. The van der Waals surface area contributed by atoms with Crippen molar-refractivity contribution < 1.29 is 0 Å². The summed E-state index contributed by atoms with van der Waals surface area (Å²) in [6, 6.07) is 17.4. The summed E-state index contributed by atoms with van der Waals surface area (Å²) in [4.78, 5) is 9.86. The van der Waals surface area contributed by atoms with Crippen LogP contribution in [0.25, 0.3) is 0 Å². The highest BCUT2D eigenvalue weighted by molar-refractivity contribution is 7.09. The van der Waals surface area contributed by atoms with Crippen molar-refractivity contribution >= 4 is 57.5 Å². The summed E-state index contributed by atoms with van der Waals surface area (Å²) >= 11 is 14.3. The summed E-state index contributed by atoms with van der Waals surface area (Å²) in [5.74, 6) is 0.539. The van der Waals surface area contributed by atoms with Gasteiger partial charge in [0.2, 0.25) is 0 Å². The second kappa shape index (κ2) is 10.7. The molecule has 2 heterocycles. The zero-order valence-electron chi connectivity index (χ0n) is 18.3. The number of nitrogens with one attached hydrogen (secondary N) is 2. The van der Waals surface area contributed by atoms with Gasteiger partial charge in [-0.05, 0) is 59.7 Å². The van der Waals surface area contributed by atoms with Gasteiger partial charge in [-0.1, -0.05) is 47.5 Å². The molecule has 1 unspecified atom stereocenters. The summed E-state index contributed by atoms with van der Waals surface area (Å²) < 4.78 is 0. The number of nitrogens with two attached hydrogens (primary N) is 1. The molecule has 0 bridgehead atoms. The molecule has 0 amide bonds. The minimum atomic E-state index is -0.513. The van der Waals surface area contributed by atoms with Crippen molar-refractivity contribution in [1.29, 1.82) is 5.26 Å². The van der Waals surface area contributed by atoms with Crippen LogP contribution in [0.1, 0.15) is 27.5 Å². The molecular formula is C25H22Cl2N6S. The maximum atomic E-state index is 9.82. The van der Waals surface area contributed by atoms with Gasteiger partial charge >= 0.3 is 0 Å². The van der Waals surface area contributed by atoms with Crippen LogP contribution in [0.5, 0.6) is 0 Å². The standard InChI is InChI=1S/C25H22Cl2N6S/c1-15-11-19(20(13-28)16-4-6-17(26)7-5-16)21(27)12-22(15)33-25-23(29)24(31-14-32-25)30-9-8-18-3-2-10-34-18/h2-7,10-12,14,20H,8-9,29H2,1H3,(H2,30,31,32,33). The first-order valence-electron chi connectivity index (χ1n) is 10.5. The highest BCUT2D eigenvalue weighted by Gasteiger charge is 2.19. The Kier molecular flexibility index (Phi) is 7.53. The quantitative estimate of drug-likeness (QED) is 0.242. The number of aryl methyl sites for hydroxylation is 1. The van der Waals surface area contributed by atoms with Gasteiger partial charge in [-0.15, -0.1) is 11.3 Å². The van der Waals surface area contributed by atoms with Crippen LogP contribution in [0.2, 0.25) is 10.0 Å². The van der Waals surface area contributed by atoms with Gasteiger partial charge in [-0.25, -0.2) is 9.97 Å². The van der Waals surface area contributed by atoms with E-state index in [1.165, 1.54) is 11.2 Å². The fourth-order valence-corrected chi connectivity index (χ4v) is 4.67. The second-order valence-corrected chi connectivity index (χ2v) is 9.54. The van der Waals surface area contributed by atoms with E-state index in [-0.39, 0.29) is 0 Å². The maximum Gasteiger partial charge on any atom is 0.159 e. The van der Waals surface area contributed by atoms with Crippen molar-refractivity contribution in [2.24, 2.45) is 0 Å². The van der Waals surface area contributed by atoms with Crippen LogP contribution in [-0.2, 0) is 6.42 Å². The van der Waals surface area contributed by atoms with Gasteiger partial charge in [-0.3, -0.25) is 0 Å². The molecule has 0 saturated heterocycles. The number of halogens is 2. The number of thiophene rings is 1. The Morgan fingerprint density at radius 1 is 1.12 bits per heavy atom. The number of nitrogens with zero attached hydrogens (tertiary/aromatic N) is 3. The summed E-state index contributed by atoms with van der Waals surface area (Å²) in [7, 11) is 0. The van der Waals surface area contributed by atoms with Crippen LogP contribution in [0.4, 0.5) is 23.0 Å². The van der Waals surface area contributed by atoms with E-state index >= 15 is 0 Å². The summed E-state index contributed by atoms with van der Waals surface area (Å²) in [6.07, 6.45) is 2.34. The predicted octanol–water partition coefficient (Wildman–Crippen LogP) is 6.79. The van der Waals surface area contributed by atoms with Crippen LogP contribution in [0.3, 0.4) is 0 Å². The number of nitrogen functional groups attached to an aromatic ring is 1. The van der Waals surface area contributed by atoms with Crippen molar-refractivity contribution in [3.05, 3.63) is 91.9 Å². The molecule has 2 aromatic heterocycles. The molecule has 1 atom stereocenters. The zero-order chi connectivity index (χ0) is 24.1. The number of anilines is 4. The molecule has 4 aromatic rings. The minimum Gasteiger partial charge on any atom is -0.393 e. The SMILES string of the molecule is Cc1cc(C(C#N)c2ccc(Cl)cc2)c(Cl)cc1Nc1ncnc(NCCc2cccs2)c1N. The average molecular weight is 509 g/mol. The van der Waals surface area contributed by atoms with E-state index in [0.717, 1.165) is 28.8 Å². The molecule has 0 saturated carbocycles. The third-order valence-corrected chi connectivity index (χ3v) is 6.88. The van der Waals surface area contributed by atoms with Crippen molar-refractivity contribution in [1.82, 2.24) is 9.97 Å². The summed E-state index contributed by atoms with van der Waals surface area (Å²) in [6.45, 7) is 2.65. The highest BCUT2D eigenvalue weighted by Crippen LogP contribution is 2.36. The molecule has 0 aliphatic heterocycles. The molecule has 0 aliphatic carbocycles. The molecule has 0 spiro atoms. The number of hydrogen-bond acceptors (Lipinski definition) is 7. The van der Waals surface area contributed by atoms with Crippen molar-refractivity contribution in [2.75, 3.05) is 22.9 Å². The Labute approximate surface area is 212 Å². The van der Waals surface area contributed by atoms with Crippen molar-refractivity contribution in [3.8, 4) is 6.07 Å². The minimum absolute atomic E-state index is 0.421. The highest BCUT2D eigenvalue weighted by atomic mass is 35.5. The Morgan fingerprint density at radius 2 is 1.88 bits per heavy atom. The van der Waals surface area contributed by atoms with Crippen LogP contribution < -0.4 is 16.4 Å². The van der Waals surface area contributed by atoms with E-state index < -0.39 is 5.92 Å². The monoisotopic (exact) mass is 508 g/mol. The lowest BCUT2D eigenvalue weighted by Gasteiger charge is -2.17. The van der Waals surface area contributed by atoms with E-state index in [1.54, 1.807) is 29.5 Å². The van der Waals surface area contributed by atoms with Gasteiger partial charge in [0, 0.05) is 27.2 Å². The molecule has 0 fully saturated rings. The van der Waals surface area contributed by atoms with Crippen LogP contribution in [0.15, 0.2) is 60.2 Å². The Hall–Kier alpha value is -3.31. The van der Waals surface area contributed by atoms with Crippen LogP contribution >= 0.6 is 34.5 Å². The number of nitriles is 1. The van der Waals surface area contributed by atoms with E-state index in [9.17, 15) is 5.26 Å². The largest absolute Gasteiger partial charge is 0.393 e. The molecule has 0 aliphatic rings. The molecule has 0 radical (unpaired) electrons. The Balaban J connectivity index is 1.53. The zero-order valence-corrected chi connectivity index (χ0v) is 20.7. The molecule has 6 nitrogen and oxygen atoms in total. The summed E-state index contributed by atoms with van der Waals surface area (Å²) in [5, 5.41) is 19.5. The molecule has 34 heavy (non-hydrogen) atoms. The van der Waals surface area contributed by atoms with Crippen LogP contribution in [0, 0.1) is 18.3 Å². The smallest absolute Gasteiger partial charge is 0.159 e. The van der Waals surface area contributed by atoms with Gasteiger partial charge < -0.3 is 16.4 Å². The van der Waals surface area contributed by atoms with E-state index in [2.05, 4.69) is 38.1 Å².